The van der Waals surface area contributed by atoms with Crippen molar-refractivity contribution in [1.82, 2.24) is 9.71 Å². The van der Waals surface area contributed by atoms with E-state index < -0.39 is 10.0 Å². The van der Waals surface area contributed by atoms with E-state index in [-0.39, 0.29) is 11.4 Å². The van der Waals surface area contributed by atoms with Crippen LogP contribution in [0.4, 0.5) is 0 Å². The highest BCUT2D eigenvalue weighted by Gasteiger charge is 2.17. The number of benzene rings is 1. The van der Waals surface area contributed by atoms with Gasteiger partial charge in [-0.2, -0.15) is 0 Å². The minimum Gasteiger partial charge on any atom is -0.496 e. The van der Waals surface area contributed by atoms with E-state index in [0.717, 1.165) is 11.1 Å². The summed E-state index contributed by atoms with van der Waals surface area (Å²) in [6.07, 6.45) is 3.20. The first-order valence-electron chi connectivity index (χ1n) is 7.63. The monoisotopic (exact) mass is 358 g/mol. The third-order valence-corrected chi connectivity index (χ3v) is 5.17. The fourth-order valence-electron chi connectivity index (χ4n) is 2.49. The molecule has 0 fully saturated rings. The predicted molar refractivity (Wildman–Crippen MR) is 93.7 cm³/mol. The molecule has 0 amide bonds. The normalized spacial score (nSPS) is 11.4. The molecule has 1 aromatic carbocycles. The largest absolute Gasteiger partial charge is 0.496 e. The molecule has 1 N–H and O–H groups in total. The highest BCUT2D eigenvalue weighted by Crippen LogP contribution is 2.23. The first-order valence-corrected chi connectivity index (χ1v) is 9.11. The summed E-state index contributed by atoms with van der Waals surface area (Å²) in [5, 5.41) is 0. The van der Waals surface area contributed by atoms with Gasteiger partial charge in [-0.15, -0.1) is 0 Å². The molecule has 6 nitrogen and oxygen atoms in total. The fraction of sp³-hybridized carbons (Fsp3) is 0.167. The number of nitrogens with zero attached hydrogens (tertiary/aromatic N) is 1. The molecule has 0 atom stereocenters. The Morgan fingerprint density at radius 3 is 2.72 bits per heavy atom. The number of hydrogen-bond acceptors (Lipinski definition) is 5. The number of sulfonamides is 1. The minimum absolute atomic E-state index is 0.108. The lowest BCUT2D eigenvalue weighted by molar-refractivity contribution is 0.411. The molecule has 0 spiro atoms. The first-order chi connectivity index (χ1) is 12.0. The summed E-state index contributed by atoms with van der Waals surface area (Å²) < 4.78 is 38.3. The SMILES string of the molecule is COc1ccc(S(=O)(=O)NCc2cccnc2-c2ccco2)cc1C. The number of aromatic nitrogens is 1. The molecule has 2 heterocycles. The first kappa shape index (κ1) is 17.2. The number of methoxy groups -OCH3 is 1. The molecule has 0 aliphatic rings. The van der Waals surface area contributed by atoms with Crippen LogP contribution < -0.4 is 9.46 Å². The topological polar surface area (TPSA) is 81.4 Å². The molecular weight excluding hydrogens is 340 g/mol. The zero-order chi connectivity index (χ0) is 17.9. The van der Waals surface area contributed by atoms with Crippen LogP contribution in [0.1, 0.15) is 11.1 Å². The Hall–Kier alpha value is -2.64. The summed E-state index contributed by atoms with van der Waals surface area (Å²) in [4.78, 5) is 4.48. The molecule has 0 aliphatic carbocycles. The van der Waals surface area contributed by atoms with Crippen molar-refractivity contribution in [2.45, 2.75) is 18.4 Å². The van der Waals surface area contributed by atoms with Gasteiger partial charge in [-0.25, -0.2) is 13.1 Å². The number of nitrogens with one attached hydrogen (secondary N) is 1. The maximum absolute atomic E-state index is 12.6. The van der Waals surface area contributed by atoms with Gasteiger partial charge in [-0.1, -0.05) is 6.07 Å². The zero-order valence-electron chi connectivity index (χ0n) is 13.9. The van der Waals surface area contributed by atoms with Crippen LogP contribution in [0.15, 0.2) is 64.2 Å². The van der Waals surface area contributed by atoms with Crippen molar-refractivity contribution in [2.75, 3.05) is 7.11 Å². The van der Waals surface area contributed by atoms with Crippen molar-refractivity contribution in [3.05, 3.63) is 66.1 Å². The van der Waals surface area contributed by atoms with Crippen molar-refractivity contribution >= 4 is 10.0 Å². The van der Waals surface area contributed by atoms with E-state index in [1.54, 1.807) is 56.8 Å². The van der Waals surface area contributed by atoms with Crippen molar-refractivity contribution in [2.24, 2.45) is 0 Å². The Morgan fingerprint density at radius 1 is 1.20 bits per heavy atom. The number of aryl methyl sites for hydroxylation is 1. The molecule has 3 rings (SSSR count). The second-order valence-corrected chi connectivity index (χ2v) is 7.21. The van der Waals surface area contributed by atoms with Crippen LogP contribution in [-0.4, -0.2) is 20.5 Å². The number of furan rings is 1. The van der Waals surface area contributed by atoms with Crippen LogP contribution in [0.25, 0.3) is 11.5 Å². The molecule has 0 unspecified atom stereocenters. The van der Waals surface area contributed by atoms with Gasteiger partial charge in [0, 0.05) is 12.7 Å². The van der Waals surface area contributed by atoms with Gasteiger partial charge in [0.15, 0.2) is 5.76 Å². The van der Waals surface area contributed by atoms with Crippen LogP contribution in [0, 0.1) is 6.92 Å². The zero-order valence-corrected chi connectivity index (χ0v) is 14.7. The molecule has 25 heavy (non-hydrogen) atoms. The minimum atomic E-state index is -3.66. The van der Waals surface area contributed by atoms with Gasteiger partial charge in [0.25, 0.3) is 0 Å². The van der Waals surface area contributed by atoms with E-state index in [1.807, 2.05) is 6.07 Å². The van der Waals surface area contributed by atoms with E-state index >= 15 is 0 Å². The van der Waals surface area contributed by atoms with E-state index in [9.17, 15) is 8.42 Å². The molecule has 0 aliphatic heterocycles. The molecule has 0 saturated heterocycles. The average molecular weight is 358 g/mol. The van der Waals surface area contributed by atoms with E-state index in [0.29, 0.717) is 17.2 Å². The predicted octanol–water partition coefficient (Wildman–Crippen LogP) is 3.14. The third-order valence-electron chi connectivity index (χ3n) is 3.78. The van der Waals surface area contributed by atoms with Gasteiger partial charge in [-0.3, -0.25) is 4.98 Å². The fourth-order valence-corrected chi connectivity index (χ4v) is 3.58. The quantitative estimate of drug-likeness (QED) is 0.732. The summed E-state index contributed by atoms with van der Waals surface area (Å²) in [5.74, 6) is 1.24. The van der Waals surface area contributed by atoms with Crippen molar-refractivity contribution < 1.29 is 17.6 Å². The number of ether oxygens (including phenoxy) is 1. The summed E-state index contributed by atoms with van der Waals surface area (Å²) >= 11 is 0. The standard InChI is InChI=1S/C18H18N2O4S/c1-13-11-15(7-8-16(13)23-2)25(21,22)20-12-14-5-3-9-19-18(14)17-6-4-10-24-17/h3-11,20H,12H2,1-2H3. The van der Waals surface area contributed by atoms with Crippen LogP contribution in [0.2, 0.25) is 0 Å². The lowest BCUT2D eigenvalue weighted by Crippen LogP contribution is -2.23. The maximum atomic E-state index is 12.6. The Labute approximate surface area is 146 Å². The van der Waals surface area contributed by atoms with Crippen molar-refractivity contribution in [1.29, 1.82) is 0 Å². The van der Waals surface area contributed by atoms with Gasteiger partial charge in [0.2, 0.25) is 10.0 Å². The second-order valence-electron chi connectivity index (χ2n) is 5.44. The lowest BCUT2D eigenvalue weighted by atomic mass is 10.1. The van der Waals surface area contributed by atoms with Crippen molar-refractivity contribution in [3.8, 4) is 17.2 Å². The molecule has 2 aromatic heterocycles. The Balaban J connectivity index is 1.83. The van der Waals surface area contributed by atoms with Gasteiger partial charge in [-0.05, 0) is 54.4 Å². The van der Waals surface area contributed by atoms with Crippen LogP contribution >= 0.6 is 0 Å². The lowest BCUT2D eigenvalue weighted by Gasteiger charge is -2.11. The summed E-state index contributed by atoms with van der Waals surface area (Å²) in [5.41, 5.74) is 2.09. The Kier molecular flexibility index (Phi) is 4.87. The van der Waals surface area contributed by atoms with Gasteiger partial charge in [0.05, 0.1) is 18.3 Å². The molecule has 0 bridgehead atoms. The van der Waals surface area contributed by atoms with Gasteiger partial charge >= 0.3 is 0 Å². The average Bonchev–Trinajstić information content (AvgIpc) is 3.14. The number of rotatable bonds is 6. The van der Waals surface area contributed by atoms with E-state index in [4.69, 9.17) is 9.15 Å². The Morgan fingerprint density at radius 2 is 2.04 bits per heavy atom. The molecule has 7 heteroatoms. The van der Waals surface area contributed by atoms with E-state index in [1.165, 1.54) is 6.07 Å². The van der Waals surface area contributed by atoms with Crippen LogP contribution in [0.5, 0.6) is 5.75 Å². The molecule has 0 saturated carbocycles. The Bertz CT molecular complexity index is 967. The number of pyridine rings is 1. The summed E-state index contributed by atoms with van der Waals surface area (Å²) in [6.45, 7) is 1.91. The van der Waals surface area contributed by atoms with Crippen LogP contribution in [0.3, 0.4) is 0 Å². The second kappa shape index (κ2) is 7.08. The molecule has 0 radical (unpaired) electrons. The highest BCUT2D eigenvalue weighted by atomic mass is 32.2. The molecule has 3 aromatic rings. The summed E-state index contributed by atoms with van der Waals surface area (Å²) in [7, 11) is -2.11. The van der Waals surface area contributed by atoms with Gasteiger partial charge < -0.3 is 9.15 Å². The molecular formula is C18H18N2O4S. The maximum Gasteiger partial charge on any atom is 0.240 e. The van der Waals surface area contributed by atoms with E-state index in [2.05, 4.69) is 9.71 Å². The van der Waals surface area contributed by atoms with Crippen molar-refractivity contribution in [3.63, 3.8) is 0 Å². The van der Waals surface area contributed by atoms with Crippen LogP contribution in [-0.2, 0) is 16.6 Å². The molecule has 130 valence electrons. The third kappa shape index (κ3) is 3.72. The highest BCUT2D eigenvalue weighted by molar-refractivity contribution is 7.89. The summed E-state index contributed by atoms with van der Waals surface area (Å²) in [6, 6.07) is 11.9. The number of hydrogen-bond donors (Lipinski definition) is 1. The smallest absolute Gasteiger partial charge is 0.240 e. The van der Waals surface area contributed by atoms with Gasteiger partial charge in [0.1, 0.15) is 11.4 Å².